The number of benzene rings is 2. The molecule has 0 fully saturated rings. The molecule has 2 aromatic carbocycles. The molecule has 4 rings (SSSR count). The lowest BCUT2D eigenvalue weighted by Crippen LogP contribution is -2.44. The van der Waals surface area contributed by atoms with Gasteiger partial charge in [-0.3, -0.25) is 19.2 Å². The van der Waals surface area contributed by atoms with E-state index in [1.807, 2.05) is 5.38 Å². The van der Waals surface area contributed by atoms with Gasteiger partial charge >= 0.3 is 11.9 Å². The minimum atomic E-state index is -4.35. The van der Waals surface area contributed by atoms with Crippen molar-refractivity contribution < 1.29 is 37.0 Å². The second-order valence-corrected chi connectivity index (χ2v) is 12.6. The van der Waals surface area contributed by atoms with E-state index in [-0.39, 0.29) is 47.3 Å². The Morgan fingerprint density at radius 1 is 0.956 bits per heavy atom. The standard InChI is InChI=1S/C31H33N3O9S2/c1-41-28(36)11-5-6-16-43-26-10-4-3-9-24(26)30(31(38)34(20-29(37)42-2)19-22-8-7-17-44-22)33-45(39,40)23-13-14-25-21(18-23)12-15-27(35)32-25/h3-4,7-10,12-15,17-18,30,33H,5-6,11,16,19-20H2,1-2H3,(H,32,35). The molecule has 1 amide bonds. The number of thiophene rings is 1. The van der Waals surface area contributed by atoms with E-state index in [4.69, 9.17) is 9.47 Å². The van der Waals surface area contributed by atoms with Crippen molar-refractivity contribution in [2.24, 2.45) is 0 Å². The number of pyridine rings is 1. The highest BCUT2D eigenvalue weighted by Crippen LogP contribution is 2.30. The van der Waals surface area contributed by atoms with Crippen LogP contribution in [0.15, 0.2) is 81.8 Å². The second kappa shape index (κ2) is 15.5. The number of carbonyl (C=O) groups excluding carboxylic acids is 3. The highest BCUT2D eigenvalue weighted by molar-refractivity contribution is 7.89. The molecule has 2 N–H and O–H groups in total. The van der Waals surface area contributed by atoms with Gasteiger partial charge in [-0.2, -0.15) is 4.72 Å². The summed E-state index contributed by atoms with van der Waals surface area (Å²) >= 11 is 1.38. The maximum atomic E-state index is 14.3. The van der Waals surface area contributed by atoms with Gasteiger partial charge in [0, 0.05) is 28.4 Å². The zero-order valence-corrected chi connectivity index (χ0v) is 26.3. The van der Waals surface area contributed by atoms with E-state index >= 15 is 0 Å². The molecule has 45 heavy (non-hydrogen) atoms. The van der Waals surface area contributed by atoms with E-state index in [0.29, 0.717) is 23.7 Å². The predicted octanol–water partition coefficient (Wildman–Crippen LogP) is 3.53. The number of nitrogens with zero attached hydrogens (tertiary/aromatic N) is 1. The maximum Gasteiger partial charge on any atom is 0.325 e. The predicted molar refractivity (Wildman–Crippen MR) is 167 cm³/mol. The number of amides is 1. The molecule has 12 nitrogen and oxygen atoms in total. The lowest BCUT2D eigenvalue weighted by molar-refractivity contribution is -0.148. The monoisotopic (exact) mass is 655 g/mol. The molecule has 2 aromatic heterocycles. The summed E-state index contributed by atoms with van der Waals surface area (Å²) in [6.45, 7) is -0.208. The van der Waals surface area contributed by atoms with E-state index in [1.54, 1.807) is 36.4 Å². The Hall–Kier alpha value is -4.53. The van der Waals surface area contributed by atoms with Gasteiger partial charge in [-0.15, -0.1) is 11.3 Å². The van der Waals surface area contributed by atoms with E-state index in [0.717, 1.165) is 4.88 Å². The zero-order valence-electron chi connectivity index (χ0n) is 24.7. The van der Waals surface area contributed by atoms with Gasteiger partial charge in [0.05, 0.1) is 32.3 Å². The van der Waals surface area contributed by atoms with Crippen molar-refractivity contribution in [3.8, 4) is 5.75 Å². The van der Waals surface area contributed by atoms with Crippen LogP contribution in [0.3, 0.4) is 0 Å². The van der Waals surface area contributed by atoms with E-state index in [1.165, 1.54) is 60.8 Å². The molecule has 0 aliphatic rings. The number of methoxy groups -OCH3 is 2. The lowest BCUT2D eigenvalue weighted by atomic mass is 10.0. The smallest absolute Gasteiger partial charge is 0.325 e. The Balaban J connectivity index is 1.70. The molecule has 1 unspecified atom stereocenters. The number of hydrogen-bond donors (Lipinski definition) is 2. The molecule has 0 saturated carbocycles. The van der Waals surface area contributed by atoms with Gasteiger partial charge < -0.3 is 24.1 Å². The molecule has 14 heteroatoms. The SMILES string of the molecule is COC(=O)CCCCOc1ccccc1C(NS(=O)(=O)c1ccc2[nH]c(=O)ccc2c1)C(=O)N(CC(=O)OC)Cc1cccs1. The van der Waals surface area contributed by atoms with E-state index < -0.39 is 34.5 Å². The van der Waals surface area contributed by atoms with Crippen molar-refractivity contribution >= 4 is 50.1 Å². The number of carbonyl (C=O) groups is 3. The summed E-state index contributed by atoms with van der Waals surface area (Å²) < 4.78 is 45.7. The first-order chi connectivity index (χ1) is 21.6. The number of hydrogen-bond acceptors (Lipinski definition) is 10. The van der Waals surface area contributed by atoms with Crippen LogP contribution in [0.5, 0.6) is 5.75 Å². The normalized spacial score (nSPS) is 12.0. The number of ether oxygens (including phenoxy) is 3. The number of aromatic nitrogens is 1. The van der Waals surface area contributed by atoms with Gasteiger partial charge in [-0.05, 0) is 60.0 Å². The van der Waals surface area contributed by atoms with Crippen molar-refractivity contribution in [3.63, 3.8) is 0 Å². The van der Waals surface area contributed by atoms with Crippen molar-refractivity contribution in [2.75, 3.05) is 27.4 Å². The minimum absolute atomic E-state index is 0.0315. The fraction of sp³-hybridized carbons (Fsp3) is 0.290. The summed E-state index contributed by atoms with van der Waals surface area (Å²) in [6, 6.07) is 15.6. The number of sulfonamides is 1. The first kappa shape index (κ1) is 33.4. The van der Waals surface area contributed by atoms with Crippen LogP contribution in [-0.2, 0) is 40.4 Å². The number of fused-ring (bicyclic) bond motifs is 1. The summed E-state index contributed by atoms with van der Waals surface area (Å²) in [5.41, 5.74) is 0.339. The van der Waals surface area contributed by atoms with Gasteiger partial charge in [0.1, 0.15) is 18.3 Å². The van der Waals surface area contributed by atoms with Crippen LogP contribution in [0.25, 0.3) is 10.9 Å². The fourth-order valence-corrected chi connectivity index (χ4v) is 6.40. The lowest BCUT2D eigenvalue weighted by Gasteiger charge is -2.28. The van der Waals surface area contributed by atoms with Crippen LogP contribution >= 0.6 is 11.3 Å². The van der Waals surface area contributed by atoms with Crippen molar-refractivity contribution in [2.45, 2.75) is 36.7 Å². The van der Waals surface area contributed by atoms with Crippen LogP contribution in [0, 0.1) is 0 Å². The molecule has 0 saturated heterocycles. The number of para-hydroxylation sites is 1. The Kier molecular flexibility index (Phi) is 11.5. The molecular formula is C31H33N3O9S2. The average molecular weight is 656 g/mol. The molecule has 0 radical (unpaired) electrons. The summed E-state index contributed by atoms with van der Waals surface area (Å²) in [5, 5.41) is 2.30. The molecule has 1 atom stereocenters. The maximum absolute atomic E-state index is 14.3. The Morgan fingerprint density at radius 2 is 1.73 bits per heavy atom. The molecule has 2 heterocycles. The van der Waals surface area contributed by atoms with Gasteiger partial charge in [0.25, 0.3) is 0 Å². The third-order valence-corrected chi connectivity index (χ3v) is 9.08. The van der Waals surface area contributed by atoms with Gasteiger partial charge in [0.2, 0.25) is 21.5 Å². The third kappa shape index (κ3) is 9.00. The third-order valence-electron chi connectivity index (χ3n) is 6.80. The fourth-order valence-electron chi connectivity index (χ4n) is 4.48. The highest BCUT2D eigenvalue weighted by atomic mass is 32.2. The number of rotatable bonds is 15. The van der Waals surface area contributed by atoms with Crippen molar-refractivity contribution in [1.29, 1.82) is 0 Å². The van der Waals surface area contributed by atoms with E-state index in [9.17, 15) is 27.6 Å². The quantitative estimate of drug-likeness (QED) is 0.144. The second-order valence-electron chi connectivity index (χ2n) is 9.90. The zero-order chi connectivity index (χ0) is 32.4. The Morgan fingerprint density at radius 3 is 2.47 bits per heavy atom. The molecule has 0 bridgehead atoms. The minimum Gasteiger partial charge on any atom is -0.493 e. The topological polar surface area (TPSA) is 161 Å². The summed E-state index contributed by atoms with van der Waals surface area (Å²) in [5.74, 6) is -1.47. The molecule has 0 aliphatic heterocycles. The summed E-state index contributed by atoms with van der Waals surface area (Å²) in [6.07, 6.45) is 1.22. The van der Waals surface area contributed by atoms with Crippen molar-refractivity contribution in [1.82, 2.24) is 14.6 Å². The molecule has 0 aliphatic carbocycles. The number of esters is 2. The van der Waals surface area contributed by atoms with Crippen LogP contribution in [0.4, 0.5) is 0 Å². The first-order valence-electron chi connectivity index (χ1n) is 13.9. The summed E-state index contributed by atoms with van der Waals surface area (Å²) in [7, 11) is -1.84. The molecule has 4 aromatic rings. The first-order valence-corrected chi connectivity index (χ1v) is 16.3. The van der Waals surface area contributed by atoms with Crippen LogP contribution in [0.1, 0.15) is 35.7 Å². The van der Waals surface area contributed by atoms with Gasteiger partial charge in [-0.1, -0.05) is 24.3 Å². The van der Waals surface area contributed by atoms with Crippen LogP contribution in [0.2, 0.25) is 0 Å². The average Bonchev–Trinajstić information content (AvgIpc) is 3.55. The number of aromatic amines is 1. The Bertz CT molecular complexity index is 1800. The molecular weight excluding hydrogens is 622 g/mol. The van der Waals surface area contributed by atoms with Crippen LogP contribution < -0.4 is 15.0 Å². The van der Waals surface area contributed by atoms with Crippen LogP contribution in [-0.4, -0.2) is 63.5 Å². The number of nitrogens with one attached hydrogen (secondary N) is 2. The molecule has 0 spiro atoms. The molecule has 238 valence electrons. The van der Waals surface area contributed by atoms with E-state index in [2.05, 4.69) is 14.4 Å². The van der Waals surface area contributed by atoms with Gasteiger partial charge in [-0.25, -0.2) is 8.42 Å². The summed E-state index contributed by atoms with van der Waals surface area (Å²) in [4.78, 5) is 54.3. The number of unbranched alkanes of at least 4 members (excludes halogenated alkanes) is 1. The largest absolute Gasteiger partial charge is 0.493 e. The number of H-pyrrole nitrogens is 1. The van der Waals surface area contributed by atoms with Gasteiger partial charge in [0.15, 0.2) is 0 Å². The van der Waals surface area contributed by atoms with Crippen molar-refractivity contribution in [3.05, 3.63) is 92.9 Å². The Labute approximate surface area is 264 Å². The highest BCUT2D eigenvalue weighted by Gasteiger charge is 2.34.